The van der Waals surface area contributed by atoms with Crippen molar-refractivity contribution in [2.75, 3.05) is 19.5 Å². The number of nitrogens with zero attached hydrogens (tertiary/aromatic N) is 1. The Kier molecular flexibility index (Phi) is 6.42. The maximum Gasteiger partial charge on any atom is 0.336 e. The van der Waals surface area contributed by atoms with E-state index < -0.39 is 5.97 Å². The number of benzene rings is 2. The SMILES string of the molecule is COc1ccc(C(C)=Nc2c(NC3CCCC3)ccc(C(=O)O)c2C)cc1OC. The van der Waals surface area contributed by atoms with Gasteiger partial charge in [0, 0.05) is 11.8 Å². The third-order valence-electron chi connectivity index (χ3n) is 5.46. The molecule has 3 rings (SSSR count). The lowest BCUT2D eigenvalue weighted by molar-refractivity contribution is 0.0696. The zero-order valence-electron chi connectivity index (χ0n) is 17.4. The lowest BCUT2D eigenvalue weighted by atomic mass is 10.0. The molecule has 0 unspecified atom stereocenters. The van der Waals surface area contributed by atoms with Crippen molar-refractivity contribution in [2.24, 2.45) is 4.99 Å². The molecule has 2 aromatic rings. The molecular weight excluding hydrogens is 368 g/mol. The minimum absolute atomic E-state index is 0.265. The fourth-order valence-electron chi connectivity index (χ4n) is 3.78. The summed E-state index contributed by atoms with van der Waals surface area (Å²) in [4.78, 5) is 16.5. The lowest BCUT2D eigenvalue weighted by Crippen LogP contribution is -2.15. The fourth-order valence-corrected chi connectivity index (χ4v) is 3.78. The van der Waals surface area contributed by atoms with Crippen molar-refractivity contribution < 1.29 is 19.4 Å². The van der Waals surface area contributed by atoms with Crippen LogP contribution in [0, 0.1) is 6.92 Å². The summed E-state index contributed by atoms with van der Waals surface area (Å²) in [5, 5.41) is 13.1. The average Bonchev–Trinajstić information content (AvgIpc) is 3.22. The highest BCUT2D eigenvalue weighted by Crippen LogP contribution is 2.35. The van der Waals surface area contributed by atoms with Crippen LogP contribution >= 0.6 is 0 Å². The molecule has 2 aromatic carbocycles. The Labute approximate surface area is 171 Å². The van der Waals surface area contributed by atoms with Crippen molar-refractivity contribution >= 4 is 23.1 Å². The highest BCUT2D eigenvalue weighted by molar-refractivity contribution is 6.02. The molecule has 1 saturated carbocycles. The smallest absolute Gasteiger partial charge is 0.336 e. The van der Waals surface area contributed by atoms with E-state index in [0.29, 0.717) is 28.8 Å². The monoisotopic (exact) mass is 396 g/mol. The second-order valence-electron chi connectivity index (χ2n) is 7.33. The van der Waals surface area contributed by atoms with Crippen LogP contribution in [-0.2, 0) is 0 Å². The van der Waals surface area contributed by atoms with Gasteiger partial charge in [-0.1, -0.05) is 12.8 Å². The number of hydrogen-bond donors (Lipinski definition) is 2. The van der Waals surface area contributed by atoms with Crippen LogP contribution in [0.2, 0.25) is 0 Å². The largest absolute Gasteiger partial charge is 0.493 e. The molecule has 0 spiro atoms. The third-order valence-corrected chi connectivity index (χ3v) is 5.46. The first kappa shape index (κ1) is 20.7. The van der Waals surface area contributed by atoms with E-state index in [2.05, 4.69) is 5.32 Å². The van der Waals surface area contributed by atoms with E-state index in [1.165, 1.54) is 12.8 Å². The first-order valence-corrected chi connectivity index (χ1v) is 9.85. The summed E-state index contributed by atoms with van der Waals surface area (Å²) in [6.07, 6.45) is 4.68. The molecule has 1 aliphatic rings. The molecular formula is C23H28N2O4. The predicted molar refractivity (Wildman–Crippen MR) is 115 cm³/mol. The standard InChI is InChI=1S/C23H28N2O4/c1-14-18(23(26)27)10-11-19(25-17-7-5-6-8-17)22(14)24-15(2)16-9-12-20(28-3)21(13-16)29-4/h9-13,17,25H,5-8H2,1-4H3,(H,26,27). The second kappa shape index (κ2) is 8.99. The van der Waals surface area contributed by atoms with Crippen LogP contribution in [0.1, 0.15) is 54.1 Å². The molecule has 0 bridgehead atoms. The summed E-state index contributed by atoms with van der Waals surface area (Å²) in [5.74, 6) is 0.326. The molecule has 2 N–H and O–H groups in total. The Balaban J connectivity index is 2.04. The number of methoxy groups -OCH3 is 2. The van der Waals surface area contributed by atoms with Gasteiger partial charge in [0.1, 0.15) is 0 Å². The van der Waals surface area contributed by atoms with E-state index in [4.69, 9.17) is 14.5 Å². The molecule has 0 saturated heterocycles. The maximum atomic E-state index is 11.6. The Bertz CT molecular complexity index is 931. The van der Waals surface area contributed by atoms with Crippen LogP contribution < -0.4 is 14.8 Å². The van der Waals surface area contributed by atoms with Gasteiger partial charge in [-0.15, -0.1) is 0 Å². The molecule has 1 aliphatic carbocycles. The topological polar surface area (TPSA) is 80.2 Å². The Morgan fingerprint density at radius 1 is 1.10 bits per heavy atom. The van der Waals surface area contributed by atoms with Gasteiger partial charge in [-0.3, -0.25) is 4.99 Å². The lowest BCUT2D eigenvalue weighted by Gasteiger charge is -2.18. The first-order valence-electron chi connectivity index (χ1n) is 9.85. The summed E-state index contributed by atoms with van der Waals surface area (Å²) in [7, 11) is 3.19. The summed E-state index contributed by atoms with van der Waals surface area (Å²) < 4.78 is 10.7. The van der Waals surface area contributed by atoms with E-state index in [9.17, 15) is 9.90 Å². The van der Waals surface area contributed by atoms with E-state index >= 15 is 0 Å². The van der Waals surface area contributed by atoms with Crippen molar-refractivity contribution in [2.45, 2.75) is 45.6 Å². The van der Waals surface area contributed by atoms with E-state index in [0.717, 1.165) is 29.8 Å². The number of carbonyl (C=O) groups is 1. The summed E-state index contributed by atoms with van der Waals surface area (Å²) in [6.45, 7) is 3.72. The molecule has 1 fully saturated rings. The van der Waals surface area contributed by atoms with Gasteiger partial charge in [0.05, 0.1) is 31.2 Å². The van der Waals surface area contributed by atoms with Crippen molar-refractivity contribution in [3.63, 3.8) is 0 Å². The number of aromatic carboxylic acids is 1. The molecule has 0 radical (unpaired) electrons. The molecule has 0 heterocycles. The van der Waals surface area contributed by atoms with Gasteiger partial charge in [0.2, 0.25) is 0 Å². The molecule has 29 heavy (non-hydrogen) atoms. The van der Waals surface area contributed by atoms with Gasteiger partial charge in [-0.05, 0) is 68.1 Å². The molecule has 0 aromatic heterocycles. The molecule has 0 atom stereocenters. The number of aliphatic imine (C=N–C) groups is 1. The molecule has 0 aliphatic heterocycles. The van der Waals surface area contributed by atoms with Gasteiger partial charge >= 0.3 is 5.97 Å². The fraction of sp³-hybridized carbons (Fsp3) is 0.391. The van der Waals surface area contributed by atoms with Gasteiger partial charge < -0.3 is 19.9 Å². The summed E-state index contributed by atoms with van der Waals surface area (Å²) >= 11 is 0. The first-order chi connectivity index (χ1) is 13.9. The van der Waals surface area contributed by atoms with Crippen molar-refractivity contribution in [3.8, 4) is 11.5 Å². The van der Waals surface area contributed by atoms with Crippen LogP contribution in [0.4, 0.5) is 11.4 Å². The van der Waals surface area contributed by atoms with E-state index in [1.807, 2.05) is 38.1 Å². The Morgan fingerprint density at radius 2 is 1.79 bits per heavy atom. The van der Waals surface area contributed by atoms with Crippen molar-refractivity contribution in [1.29, 1.82) is 0 Å². The second-order valence-corrected chi connectivity index (χ2v) is 7.33. The molecule has 6 nitrogen and oxygen atoms in total. The van der Waals surface area contributed by atoms with E-state index in [-0.39, 0.29) is 5.56 Å². The van der Waals surface area contributed by atoms with Crippen molar-refractivity contribution in [3.05, 3.63) is 47.0 Å². The highest BCUT2D eigenvalue weighted by atomic mass is 16.5. The third kappa shape index (κ3) is 4.53. The van der Waals surface area contributed by atoms with Crippen molar-refractivity contribution in [1.82, 2.24) is 0 Å². The van der Waals surface area contributed by atoms with Gasteiger partial charge in [-0.2, -0.15) is 0 Å². The van der Waals surface area contributed by atoms with Crippen LogP contribution in [0.3, 0.4) is 0 Å². The Hall–Kier alpha value is -3.02. The number of carboxylic acid groups (broad SMARTS) is 1. The number of carboxylic acids is 1. The maximum absolute atomic E-state index is 11.6. The normalized spacial score (nSPS) is 14.7. The highest BCUT2D eigenvalue weighted by Gasteiger charge is 2.19. The van der Waals surface area contributed by atoms with E-state index in [1.54, 1.807) is 20.3 Å². The number of ether oxygens (including phenoxy) is 2. The quantitative estimate of drug-likeness (QED) is 0.628. The van der Waals surface area contributed by atoms with Gasteiger partial charge in [0.25, 0.3) is 0 Å². The van der Waals surface area contributed by atoms with Crippen LogP contribution in [0.25, 0.3) is 0 Å². The molecule has 6 heteroatoms. The summed E-state index contributed by atoms with van der Waals surface area (Å²) in [6, 6.07) is 9.51. The van der Waals surface area contributed by atoms with Crippen LogP contribution in [0.5, 0.6) is 11.5 Å². The average molecular weight is 396 g/mol. The molecule has 0 amide bonds. The number of anilines is 1. The minimum atomic E-state index is -0.949. The number of rotatable bonds is 7. The zero-order chi connectivity index (χ0) is 21.0. The van der Waals surface area contributed by atoms with Gasteiger partial charge in [0.15, 0.2) is 11.5 Å². The zero-order valence-corrected chi connectivity index (χ0v) is 17.4. The van der Waals surface area contributed by atoms with Crippen LogP contribution in [0.15, 0.2) is 35.3 Å². The van der Waals surface area contributed by atoms with Crippen LogP contribution in [-0.4, -0.2) is 37.0 Å². The molecule has 154 valence electrons. The van der Waals surface area contributed by atoms with Gasteiger partial charge in [-0.25, -0.2) is 4.79 Å². The number of nitrogens with one attached hydrogen (secondary N) is 1. The minimum Gasteiger partial charge on any atom is -0.493 e. The predicted octanol–water partition coefficient (Wildman–Crippen LogP) is 5.21. The number of hydrogen-bond acceptors (Lipinski definition) is 5. The Morgan fingerprint density at radius 3 is 2.41 bits per heavy atom. The summed E-state index contributed by atoms with van der Waals surface area (Å²) in [5.41, 5.74) is 4.12.